The number of carbonyl (C=O) groups is 2. The maximum Gasteiger partial charge on any atom is 0.410 e. The Balaban J connectivity index is 2.23. The molecule has 5 heteroatoms. The summed E-state index contributed by atoms with van der Waals surface area (Å²) in [6.45, 7) is 5.76. The molecule has 110 valence electrons. The van der Waals surface area contributed by atoms with Gasteiger partial charge in [-0.2, -0.15) is 0 Å². The van der Waals surface area contributed by atoms with Gasteiger partial charge in [0.1, 0.15) is 11.7 Å². The number of rotatable bonds is 4. The van der Waals surface area contributed by atoms with E-state index in [1.54, 1.807) is 7.05 Å². The first-order chi connectivity index (χ1) is 8.78. The van der Waals surface area contributed by atoms with Gasteiger partial charge < -0.3 is 14.4 Å². The minimum absolute atomic E-state index is 0.0827. The molecule has 0 N–H and O–H groups in total. The Hall–Kier alpha value is -1.26. The highest BCUT2D eigenvalue weighted by Crippen LogP contribution is 2.21. The highest BCUT2D eigenvalue weighted by atomic mass is 16.6. The van der Waals surface area contributed by atoms with Crippen LogP contribution in [0.5, 0.6) is 0 Å². The lowest BCUT2D eigenvalue weighted by atomic mass is 10.2. The van der Waals surface area contributed by atoms with Crippen molar-refractivity contribution in [3.05, 3.63) is 0 Å². The van der Waals surface area contributed by atoms with Crippen LogP contribution in [0.3, 0.4) is 0 Å². The smallest absolute Gasteiger partial charge is 0.410 e. The average molecular weight is 271 g/mol. The van der Waals surface area contributed by atoms with Gasteiger partial charge in [0.05, 0.1) is 6.42 Å². The molecule has 1 aliphatic carbocycles. The van der Waals surface area contributed by atoms with E-state index in [4.69, 9.17) is 9.47 Å². The largest absolute Gasteiger partial charge is 0.462 e. The van der Waals surface area contributed by atoms with E-state index in [0.717, 1.165) is 25.7 Å². The standard InChI is InChI=1S/C14H25NO4/c1-14(2,3)19-13(17)15(4)10-9-12(16)18-11-7-5-6-8-11/h11H,5-10H2,1-4H3. The van der Waals surface area contributed by atoms with Gasteiger partial charge >= 0.3 is 12.1 Å². The molecule has 0 aromatic rings. The SMILES string of the molecule is CN(CCC(=O)OC1CCCC1)C(=O)OC(C)(C)C. The number of carbonyl (C=O) groups excluding carboxylic acids is 2. The molecule has 0 aromatic carbocycles. The summed E-state index contributed by atoms with van der Waals surface area (Å²) in [6, 6.07) is 0. The lowest BCUT2D eigenvalue weighted by Crippen LogP contribution is -2.35. The molecule has 0 heterocycles. The van der Waals surface area contributed by atoms with Crippen LogP contribution in [0.15, 0.2) is 0 Å². The molecular formula is C14H25NO4. The number of ether oxygens (including phenoxy) is 2. The van der Waals surface area contributed by atoms with E-state index in [1.165, 1.54) is 4.90 Å². The van der Waals surface area contributed by atoms with Crippen molar-refractivity contribution >= 4 is 12.1 Å². The molecule has 1 rings (SSSR count). The van der Waals surface area contributed by atoms with Gasteiger partial charge in [-0.25, -0.2) is 4.79 Å². The van der Waals surface area contributed by atoms with Gasteiger partial charge in [0.2, 0.25) is 0 Å². The van der Waals surface area contributed by atoms with E-state index < -0.39 is 11.7 Å². The topological polar surface area (TPSA) is 55.8 Å². The van der Waals surface area contributed by atoms with Gasteiger partial charge in [0.15, 0.2) is 0 Å². The van der Waals surface area contributed by atoms with Gasteiger partial charge in [0.25, 0.3) is 0 Å². The summed E-state index contributed by atoms with van der Waals surface area (Å²) in [6.07, 6.45) is 4.08. The zero-order chi connectivity index (χ0) is 14.5. The third-order valence-electron chi connectivity index (χ3n) is 2.96. The van der Waals surface area contributed by atoms with Crippen molar-refractivity contribution in [2.75, 3.05) is 13.6 Å². The highest BCUT2D eigenvalue weighted by molar-refractivity contribution is 5.72. The van der Waals surface area contributed by atoms with Crippen LogP contribution < -0.4 is 0 Å². The number of esters is 1. The van der Waals surface area contributed by atoms with E-state index >= 15 is 0 Å². The third kappa shape index (κ3) is 6.45. The molecule has 0 radical (unpaired) electrons. The van der Waals surface area contributed by atoms with E-state index in [-0.39, 0.29) is 18.5 Å². The van der Waals surface area contributed by atoms with Crippen LogP contribution in [0.1, 0.15) is 52.9 Å². The Morgan fingerprint density at radius 2 is 1.79 bits per heavy atom. The van der Waals surface area contributed by atoms with Crippen molar-refractivity contribution in [1.82, 2.24) is 4.90 Å². The first kappa shape index (κ1) is 15.8. The van der Waals surface area contributed by atoms with Crippen LogP contribution in [0.2, 0.25) is 0 Å². The minimum atomic E-state index is -0.518. The third-order valence-corrected chi connectivity index (χ3v) is 2.96. The summed E-state index contributed by atoms with van der Waals surface area (Å²) in [7, 11) is 1.62. The molecule has 1 saturated carbocycles. The fraction of sp³-hybridized carbons (Fsp3) is 0.857. The van der Waals surface area contributed by atoms with Crippen molar-refractivity contribution in [1.29, 1.82) is 0 Å². The molecule has 0 spiro atoms. The van der Waals surface area contributed by atoms with Crippen LogP contribution >= 0.6 is 0 Å². The first-order valence-corrected chi connectivity index (χ1v) is 6.91. The molecule has 0 aliphatic heterocycles. The van der Waals surface area contributed by atoms with Crippen LogP contribution in [-0.2, 0) is 14.3 Å². The molecule has 0 bridgehead atoms. The normalized spacial score (nSPS) is 16.2. The van der Waals surface area contributed by atoms with E-state index in [1.807, 2.05) is 20.8 Å². The maximum absolute atomic E-state index is 11.7. The highest BCUT2D eigenvalue weighted by Gasteiger charge is 2.22. The van der Waals surface area contributed by atoms with Crippen LogP contribution in [-0.4, -0.2) is 42.3 Å². The van der Waals surface area contributed by atoms with Gasteiger partial charge in [0, 0.05) is 13.6 Å². The zero-order valence-corrected chi connectivity index (χ0v) is 12.4. The van der Waals surface area contributed by atoms with E-state index in [9.17, 15) is 9.59 Å². The molecule has 0 aromatic heterocycles. The van der Waals surface area contributed by atoms with Gasteiger partial charge in [-0.1, -0.05) is 0 Å². The molecule has 1 amide bonds. The molecular weight excluding hydrogens is 246 g/mol. The second-order valence-electron chi connectivity index (χ2n) is 6.05. The number of nitrogens with zero attached hydrogens (tertiary/aromatic N) is 1. The van der Waals surface area contributed by atoms with Crippen molar-refractivity contribution < 1.29 is 19.1 Å². The molecule has 1 fully saturated rings. The van der Waals surface area contributed by atoms with Crippen molar-refractivity contribution in [3.8, 4) is 0 Å². The minimum Gasteiger partial charge on any atom is -0.462 e. The Labute approximate surface area is 115 Å². The molecule has 0 atom stereocenters. The zero-order valence-electron chi connectivity index (χ0n) is 12.4. The van der Waals surface area contributed by atoms with E-state index in [2.05, 4.69) is 0 Å². The molecule has 5 nitrogen and oxygen atoms in total. The monoisotopic (exact) mass is 271 g/mol. The average Bonchev–Trinajstić information content (AvgIpc) is 2.76. The summed E-state index contributed by atoms with van der Waals surface area (Å²) in [5, 5.41) is 0. The molecule has 1 aliphatic rings. The quantitative estimate of drug-likeness (QED) is 0.738. The van der Waals surface area contributed by atoms with Crippen molar-refractivity contribution in [2.45, 2.75) is 64.6 Å². The van der Waals surface area contributed by atoms with Crippen LogP contribution in [0, 0.1) is 0 Å². The van der Waals surface area contributed by atoms with Gasteiger partial charge in [-0.15, -0.1) is 0 Å². The Kier molecular flexibility index (Phi) is 5.63. The Bertz CT molecular complexity index is 316. The van der Waals surface area contributed by atoms with Gasteiger partial charge in [-0.05, 0) is 46.5 Å². The van der Waals surface area contributed by atoms with E-state index in [0.29, 0.717) is 6.54 Å². The molecule has 0 saturated heterocycles. The summed E-state index contributed by atoms with van der Waals surface area (Å²) in [5.41, 5.74) is -0.518. The van der Waals surface area contributed by atoms with Crippen molar-refractivity contribution in [2.24, 2.45) is 0 Å². The first-order valence-electron chi connectivity index (χ1n) is 6.91. The predicted octanol–water partition coefficient (Wildman–Crippen LogP) is 2.73. The second kappa shape index (κ2) is 6.78. The lowest BCUT2D eigenvalue weighted by molar-refractivity contribution is -0.148. The number of hydrogen-bond donors (Lipinski definition) is 0. The second-order valence-corrected chi connectivity index (χ2v) is 6.05. The van der Waals surface area contributed by atoms with Crippen LogP contribution in [0.25, 0.3) is 0 Å². The summed E-state index contributed by atoms with van der Waals surface area (Å²) < 4.78 is 10.5. The predicted molar refractivity (Wildman–Crippen MR) is 71.8 cm³/mol. The summed E-state index contributed by atoms with van der Waals surface area (Å²) in [4.78, 5) is 24.7. The Morgan fingerprint density at radius 3 is 2.32 bits per heavy atom. The summed E-state index contributed by atoms with van der Waals surface area (Å²) >= 11 is 0. The van der Waals surface area contributed by atoms with Crippen molar-refractivity contribution in [3.63, 3.8) is 0 Å². The van der Waals surface area contributed by atoms with Crippen LogP contribution in [0.4, 0.5) is 4.79 Å². The fourth-order valence-electron chi connectivity index (χ4n) is 1.94. The fourth-order valence-corrected chi connectivity index (χ4v) is 1.94. The molecule has 19 heavy (non-hydrogen) atoms. The lowest BCUT2D eigenvalue weighted by Gasteiger charge is -2.24. The Morgan fingerprint density at radius 1 is 1.21 bits per heavy atom. The maximum atomic E-state index is 11.7. The molecule has 0 unspecified atom stereocenters. The number of amides is 1. The number of hydrogen-bond acceptors (Lipinski definition) is 4. The van der Waals surface area contributed by atoms with Gasteiger partial charge in [-0.3, -0.25) is 4.79 Å². The summed E-state index contributed by atoms with van der Waals surface area (Å²) in [5.74, 6) is -0.234.